The fourth-order valence-corrected chi connectivity index (χ4v) is 3.32. The normalized spacial score (nSPS) is 17.1. The number of ether oxygens (including phenoxy) is 1. The van der Waals surface area contributed by atoms with E-state index in [1.165, 1.54) is 0 Å². The van der Waals surface area contributed by atoms with Gasteiger partial charge in [-0.1, -0.05) is 37.6 Å². The minimum Gasteiger partial charge on any atom is -0.492 e. The van der Waals surface area contributed by atoms with Gasteiger partial charge in [0.25, 0.3) is 5.91 Å². The van der Waals surface area contributed by atoms with Crippen molar-refractivity contribution in [3.63, 3.8) is 0 Å². The van der Waals surface area contributed by atoms with Crippen LogP contribution in [0.2, 0.25) is 5.02 Å². The van der Waals surface area contributed by atoms with Gasteiger partial charge in [-0.3, -0.25) is 9.48 Å². The molecule has 1 aliphatic heterocycles. The molecule has 2 heterocycles. The minimum absolute atomic E-state index is 0.127. The highest BCUT2D eigenvalue weighted by Gasteiger charge is 2.25. The lowest BCUT2D eigenvalue weighted by Gasteiger charge is -2.18. The summed E-state index contributed by atoms with van der Waals surface area (Å²) in [4.78, 5) is 12.6. The van der Waals surface area contributed by atoms with Crippen LogP contribution in [0.1, 0.15) is 60.4 Å². The number of rotatable bonds is 3. The summed E-state index contributed by atoms with van der Waals surface area (Å²) >= 11 is 6.24. The van der Waals surface area contributed by atoms with Crippen LogP contribution in [0.5, 0.6) is 5.75 Å². The van der Waals surface area contributed by atoms with Crippen molar-refractivity contribution in [2.45, 2.75) is 38.6 Å². The Bertz CT molecular complexity index is 755. The molecule has 2 aromatic rings. The molecule has 1 aliphatic rings. The summed E-state index contributed by atoms with van der Waals surface area (Å²) in [5, 5.41) is 8.00. The molecule has 128 valence electrons. The molecule has 24 heavy (non-hydrogen) atoms. The van der Waals surface area contributed by atoms with E-state index in [9.17, 15) is 4.79 Å². The SMILES string of the molecule is CC(C)c1cc(C(=O)N[C@@H]2CCCOc3c(Cl)cccc32)nn1C. The van der Waals surface area contributed by atoms with Gasteiger partial charge in [0, 0.05) is 18.3 Å². The van der Waals surface area contributed by atoms with Gasteiger partial charge >= 0.3 is 0 Å². The Morgan fingerprint density at radius 3 is 2.96 bits per heavy atom. The molecular formula is C18H22ClN3O2. The Labute approximate surface area is 147 Å². The van der Waals surface area contributed by atoms with Crippen molar-refractivity contribution in [3.8, 4) is 5.75 Å². The highest BCUT2D eigenvalue weighted by Crippen LogP contribution is 2.37. The molecule has 1 aromatic heterocycles. The van der Waals surface area contributed by atoms with Crippen LogP contribution >= 0.6 is 11.6 Å². The van der Waals surface area contributed by atoms with Gasteiger partial charge in [0.2, 0.25) is 0 Å². The number of benzene rings is 1. The smallest absolute Gasteiger partial charge is 0.272 e. The summed E-state index contributed by atoms with van der Waals surface area (Å²) in [6, 6.07) is 7.37. The fourth-order valence-electron chi connectivity index (χ4n) is 3.08. The number of halogens is 1. The van der Waals surface area contributed by atoms with E-state index in [4.69, 9.17) is 16.3 Å². The Balaban J connectivity index is 1.85. The second-order valence-electron chi connectivity index (χ2n) is 6.41. The molecule has 0 spiro atoms. The van der Waals surface area contributed by atoms with Gasteiger partial charge in [-0.05, 0) is 30.9 Å². The quantitative estimate of drug-likeness (QED) is 0.917. The number of nitrogens with zero attached hydrogens (tertiary/aromatic N) is 2. The van der Waals surface area contributed by atoms with Crippen LogP contribution in [0.4, 0.5) is 0 Å². The zero-order valence-electron chi connectivity index (χ0n) is 14.2. The lowest BCUT2D eigenvalue weighted by molar-refractivity contribution is 0.0929. The Morgan fingerprint density at radius 2 is 2.25 bits per heavy atom. The predicted molar refractivity (Wildman–Crippen MR) is 93.7 cm³/mol. The van der Waals surface area contributed by atoms with Crippen LogP contribution in [0.3, 0.4) is 0 Å². The molecule has 0 unspecified atom stereocenters. The van der Waals surface area contributed by atoms with E-state index < -0.39 is 0 Å². The van der Waals surface area contributed by atoms with Crippen LogP contribution in [-0.2, 0) is 7.05 Å². The summed E-state index contributed by atoms with van der Waals surface area (Å²) in [5.74, 6) is 0.816. The molecule has 0 aliphatic carbocycles. The third kappa shape index (κ3) is 3.26. The zero-order chi connectivity index (χ0) is 17.3. The Morgan fingerprint density at radius 1 is 1.46 bits per heavy atom. The third-order valence-electron chi connectivity index (χ3n) is 4.30. The molecule has 1 atom stereocenters. The molecule has 1 aromatic carbocycles. The van der Waals surface area contributed by atoms with Crippen molar-refractivity contribution < 1.29 is 9.53 Å². The maximum atomic E-state index is 12.6. The van der Waals surface area contributed by atoms with Crippen molar-refractivity contribution in [2.24, 2.45) is 7.05 Å². The first-order valence-electron chi connectivity index (χ1n) is 8.23. The number of fused-ring (bicyclic) bond motifs is 1. The van der Waals surface area contributed by atoms with Gasteiger partial charge in [-0.15, -0.1) is 0 Å². The van der Waals surface area contributed by atoms with E-state index in [-0.39, 0.29) is 11.9 Å². The number of hydrogen-bond donors (Lipinski definition) is 1. The van der Waals surface area contributed by atoms with Crippen molar-refractivity contribution >= 4 is 17.5 Å². The second-order valence-corrected chi connectivity index (χ2v) is 6.81. The molecule has 0 saturated carbocycles. The van der Waals surface area contributed by atoms with Gasteiger partial charge in [0.1, 0.15) is 11.4 Å². The largest absolute Gasteiger partial charge is 0.492 e. The number of nitrogens with one attached hydrogen (secondary N) is 1. The highest BCUT2D eigenvalue weighted by atomic mass is 35.5. The van der Waals surface area contributed by atoms with Crippen LogP contribution in [0.15, 0.2) is 24.3 Å². The molecule has 1 amide bonds. The first-order chi connectivity index (χ1) is 11.5. The summed E-state index contributed by atoms with van der Waals surface area (Å²) < 4.78 is 7.51. The molecule has 3 rings (SSSR count). The van der Waals surface area contributed by atoms with Gasteiger partial charge in [0.15, 0.2) is 0 Å². The molecule has 0 bridgehead atoms. The topological polar surface area (TPSA) is 56.1 Å². The van der Waals surface area contributed by atoms with E-state index in [0.717, 1.165) is 24.1 Å². The van der Waals surface area contributed by atoms with E-state index in [1.807, 2.05) is 25.2 Å². The molecule has 0 radical (unpaired) electrons. The number of amides is 1. The summed E-state index contributed by atoms with van der Waals surface area (Å²) in [5.41, 5.74) is 2.40. The Kier molecular flexibility index (Phi) is 4.81. The summed E-state index contributed by atoms with van der Waals surface area (Å²) in [6.45, 7) is 4.77. The van der Waals surface area contributed by atoms with Crippen LogP contribution in [0, 0.1) is 0 Å². The number of carbonyl (C=O) groups excluding carboxylic acids is 1. The third-order valence-corrected chi connectivity index (χ3v) is 4.60. The lowest BCUT2D eigenvalue weighted by atomic mass is 10.0. The maximum Gasteiger partial charge on any atom is 0.272 e. The van der Waals surface area contributed by atoms with Gasteiger partial charge in [-0.2, -0.15) is 5.10 Å². The van der Waals surface area contributed by atoms with Crippen molar-refractivity contribution in [1.29, 1.82) is 0 Å². The first-order valence-corrected chi connectivity index (χ1v) is 8.61. The molecular weight excluding hydrogens is 326 g/mol. The average Bonchev–Trinajstić information content (AvgIpc) is 2.81. The number of carbonyl (C=O) groups is 1. The maximum absolute atomic E-state index is 12.6. The van der Waals surface area contributed by atoms with Crippen molar-refractivity contribution in [3.05, 3.63) is 46.2 Å². The number of aromatic nitrogens is 2. The standard InChI is InChI=1S/C18H22ClN3O2/c1-11(2)16-10-15(21-22(16)3)18(23)20-14-8-5-9-24-17-12(14)6-4-7-13(17)19/h4,6-7,10-11,14H,5,8-9H2,1-3H3,(H,20,23)/t14-/m1/s1. The lowest BCUT2D eigenvalue weighted by Crippen LogP contribution is -2.28. The highest BCUT2D eigenvalue weighted by molar-refractivity contribution is 6.32. The van der Waals surface area contributed by atoms with Gasteiger partial charge in [0.05, 0.1) is 17.7 Å². The van der Waals surface area contributed by atoms with E-state index in [2.05, 4.69) is 24.3 Å². The predicted octanol–water partition coefficient (Wildman–Crippen LogP) is 3.84. The van der Waals surface area contributed by atoms with E-state index >= 15 is 0 Å². The number of para-hydroxylation sites is 1. The van der Waals surface area contributed by atoms with Crippen molar-refractivity contribution in [1.82, 2.24) is 15.1 Å². The molecule has 1 N–H and O–H groups in total. The first kappa shape index (κ1) is 16.8. The van der Waals surface area contributed by atoms with Gasteiger partial charge in [-0.25, -0.2) is 0 Å². The van der Waals surface area contributed by atoms with Crippen LogP contribution < -0.4 is 10.1 Å². The summed E-state index contributed by atoms with van der Waals surface area (Å²) in [6.07, 6.45) is 1.67. The van der Waals surface area contributed by atoms with Gasteiger partial charge < -0.3 is 10.1 Å². The zero-order valence-corrected chi connectivity index (χ0v) is 14.9. The van der Waals surface area contributed by atoms with E-state index in [1.54, 1.807) is 10.7 Å². The summed E-state index contributed by atoms with van der Waals surface area (Å²) in [7, 11) is 1.86. The van der Waals surface area contributed by atoms with Crippen LogP contribution in [-0.4, -0.2) is 22.3 Å². The van der Waals surface area contributed by atoms with E-state index in [0.29, 0.717) is 29.0 Å². The van der Waals surface area contributed by atoms with Crippen molar-refractivity contribution in [2.75, 3.05) is 6.61 Å². The monoisotopic (exact) mass is 347 g/mol. The number of hydrogen-bond acceptors (Lipinski definition) is 3. The Hall–Kier alpha value is -2.01. The molecule has 0 fully saturated rings. The average molecular weight is 348 g/mol. The molecule has 0 saturated heterocycles. The molecule has 6 heteroatoms. The fraction of sp³-hybridized carbons (Fsp3) is 0.444. The minimum atomic E-state index is -0.171. The second kappa shape index (κ2) is 6.85. The number of aryl methyl sites for hydroxylation is 1. The van der Waals surface area contributed by atoms with Crippen LogP contribution in [0.25, 0.3) is 0 Å². The molecule has 5 nitrogen and oxygen atoms in total.